The average Bonchev–Trinajstić information content (AvgIpc) is 2.05. The maximum absolute atomic E-state index is 10.9. The zero-order valence-corrected chi connectivity index (χ0v) is 6.51. The van der Waals surface area contributed by atoms with Crippen molar-refractivity contribution in [2.24, 2.45) is 0 Å². The molecule has 0 bridgehead atoms. The third kappa shape index (κ3) is 1.29. The van der Waals surface area contributed by atoms with Crippen LogP contribution in [0.25, 0.3) is 0 Å². The van der Waals surface area contributed by atoms with Gasteiger partial charge in [0.2, 0.25) is 5.79 Å². The van der Waals surface area contributed by atoms with E-state index in [1.807, 2.05) is 6.92 Å². The van der Waals surface area contributed by atoms with Crippen molar-refractivity contribution >= 4 is 5.97 Å². The Kier molecular flexibility index (Phi) is 1.68. The van der Waals surface area contributed by atoms with E-state index in [9.17, 15) is 4.79 Å². The zero-order valence-electron chi connectivity index (χ0n) is 6.51. The van der Waals surface area contributed by atoms with Crippen LogP contribution in [-0.2, 0) is 14.3 Å². The van der Waals surface area contributed by atoms with Gasteiger partial charge >= 0.3 is 5.97 Å². The number of cyclic esters (lactones) is 1. The lowest BCUT2D eigenvalue weighted by molar-refractivity contribution is -0.160. The molecule has 0 radical (unpaired) electrons. The fraction of sp³-hybridized carbons (Fsp3) is 0.857. The van der Waals surface area contributed by atoms with Crippen LogP contribution in [0.1, 0.15) is 27.2 Å². The minimum Gasteiger partial charge on any atom is -0.432 e. The number of carbonyl (C=O) groups is 1. The third-order valence-corrected chi connectivity index (χ3v) is 1.41. The molecule has 1 atom stereocenters. The molecule has 1 fully saturated rings. The molecule has 1 aliphatic rings. The van der Waals surface area contributed by atoms with Crippen LogP contribution >= 0.6 is 0 Å². The van der Waals surface area contributed by atoms with Crippen LogP contribution in [0.5, 0.6) is 0 Å². The molecule has 3 heteroatoms. The van der Waals surface area contributed by atoms with E-state index in [0.29, 0.717) is 6.42 Å². The summed E-state index contributed by atoms with van der Waals surface area (Å²) in [6.07, 6.45) is 0.331. The van der Waals surface area contributed by atoms with Crippen LogP contribution in [0, 0.1) is 0 Å². The van der Waals surface area contributed by atoms with E-state index >= 15 is 0 Å². The molecule has 1 heterocycles. The van der Waals surface area contributed by atoms with Gasteiger partial charge < -0.3 is 9.47 Å². The van der Waals surface area contributed by atoms with Gasteiger partial charge in [-0.1, -0.05) is 6.92 Å². The van der Waals surface area contributed by atoms with Gasteiger partial charge in [-0.05, 0) is 6.42 Å². The predicted molar refractivity (Wildman–Crippen MR) is 35.3 cm³/mol. The molecule has 0 spiro atoms. The number of carbonyl (C=O) groups excluding carboxylic acids is 1. The van der Waals surface area contributed by atoms with Gasteiger partial charge in [-0.2, -0.15) is 0 Å². The number of hydrogen-bond donors (Lipinski definition) is 0. The first-order chi connectivity index (χ1) is 4.55. The molecule has 3 nitrogen and oxygen atoms in total. The molecule has 0 saturated carbocycles. The summed E-state index contributed by atoms with van der Waals surface area (Å²) in [7, 11) is 0. The van der Waals surface area contributed by atoms with Gasteiger partial charge in [0.1, 0.15) is 0 Å². The fourth-order valence-electron chi connectivity index (χ4n) is 0.973. The smallest absolute Gasteiger partial charge is 0.337 e. The molecule has 0 aromatic heterocycles. The van der Waals surface area contributed by atoms with Crippen molar-refractivity contribution < 1.29 is 14.3 Å². The van der Waals surface area contributed by atoms with Gasteiger partial charge in [0.15, 0.2) is 6.10 Å². The molecule has 0 aliphatic carbocycles. The Morgan fingerprint density at radius 1 is 1.60 bits per heavy atom. The highest BCUT2D eigenvalue weighted by Crippen LogP contribution is 2.24. The SMILES string of the molecule is CCC1OC(C)(C)OC1=O. The van der Waals surface area contributed by atoms with Crippen LogP contribution in [0.15, 0.2) is 0 Å². The molecule has 1 unspecified atom stereocenters. The standard InChI is InChI=1S/C7H12O3/c1-4-5-6(8)10-7(2,3)9-5/h5H,4H2,1-3H3. The molecule has 0 aromatic carbocycles. The van der Waals surface area contributed by atoms with Crippen LogP contribution in [0.2, 0.25) is 0 Å². The summed E-state index contributed by atoms with van der Waals surface area (Å²) in [5, 5.41) is 0. The molecule has 0 N–H and O–H groups in total. The Labute approximate surface area is 60.3 Å². The molecule has 0 amide bonds. The van der Waals surface area contributed by atoms with Gasteiger partial charge in [-0.25, -0.2) is 4.79 Å². The monoisotopic (exact) mass is 144 g/mol. The first-order valence-electron chi connectivity index (χ1n) is 3.46. The summed E-state index contributed by atoms with van der Waals surface area (Å²) < 4.78 is 10.1. The maximum atomic E-state index is 10.9. The Balaban J connectivity index is 2.61. The number of rotatable bonds is 1. The van der Waals surface area contributed by atoms with E-state index < -0.39 is 5.79 Å². The Bertz CT molecular complexity index is 151. The number of hydrogen-bond acceptors (Lipinski definition) is 3. The highest BCUT2D eigenvalue weighted by atomic mass is 16.8. The second kappa shape index (κ2) is 2.23. The van der Waals surface area contributed by atoms with Gasteiger partial charge in [0, 0.05) is 13.8 Å². The lowest BCUT2D eigenvalue weighted by Gasteiger charge is -2.14. The van der Waals surface area contributed by atoms with Crippen molar-refractivity contribution in [3.05, 3.63) is 0 Å². The minimum atomic E-state index is -0.711. The van der Waals surface area contributed by atoms with Crippen LogP contribution < -0.4 is 0 Å². The summed E-state index contributed by atoms with van der Waals surface area (Å²) in [6, 6.07) is 0. The second-order valence-corrected chi connectivity index (χ2v) is 2.84. The third-order valence-electron chi connectivity index (χ3n) is 1.41. The van der Waals surface area contributed by atoms with E-state index in [1.54, 1.807) is 13.8 Å². The molecular weight excluding hydrogens is 132 g/mol. The molecule has 58 valence electrons. The summed E-state index contributed by atoms with van der Waals surface area (Å²) in [4.78, 5) is 10.9. The van der Waals surface area contributed by atoms with E-state index in [1.165, 1.54) is 0 Å². The topological polar surface area (TPSA) is 35.5 Å². The largest absolute Gasteiger partial charge is 0.432 e. The lowest BCUT2D eigenvalue weighted by Crippen LogP contribution is -2.21. The summed E-state index contributed by atoms with van der Waals surface area (Å²) in [5.41, 5.74) is 0. The maximum Gasteiger partial charge on any atom is 0.337 e. The Morgan fingerprint density at radius 2 is 2.20 bits per heavy atom. The van der Waals surface area contributed by atoms with Crippen molar-refractivity contribution in [1.82, 2.24) is 0 Å². The van der Waals surface area contributed by atoms with E-state index in [2.05, 4.69) is 0 Å². The molecular formula is C7H12O3. The van der Waals surface area contributed by atoms with E-state index in [0.717, 1.165) is 0 Å². The number of esters is 1. The van der Waals surface area contributed by atoms with Crippen LogP contribution in [0.4, 0.5) is 0 Å². The number of ether oxygens (including phenoxy) is 2. The molecule has 10 heavy (non-hydrogen) atoms. The highest BCUT2D eigenvalue weighted by molar-refractivity contribution is 5.76. The van der Waals surface area contributed by atoms with Crippen LogP contribution in [-0.4, -0.2) is 17.9 Å². The Morgan fingerprint density at radius 3 is 2.40 bits per heavy atom. The minimum absolute atomic E-state index is 0.243. The predicted octanol–water partition coefficient (Wildman–Crippen LogP) is 1.07. The van der Waals surface area contributed by atoms with Gasteiger partial charge in [0.25, 0.3) is 0 Å². The van der Waals surface area contributed by atoms with Gasteiger partial charge in [-0.3, -0.25) is 0 Å². The second-order valence-electron chi connectivity index (χ2n) is 2.84. The molecule has 1 aliphatic heterocycles. The van der Waals surface area contributed by atoms with E-state index in [4.69, 9.17) is 9.47 Å². The highest BCUT2D eigenvalue weighted by Gasteiger charge is 2.39. The van der Waals surface area contributed by atoms with Crippen molar-refractivity contribution in [2.45, 2.75) is 39.1 Å². The molecule has 1 saturated heterocycles. The Hall–Kier alpha value is -0.570. The van der Waals surface area contributed by atoms with Gasteiger partial charge in [0.05, 0.1) is 0 Å². The van der Waals surface area contributed by atoms with Crippen molar-refractivity contribution in [2.75, 3.05) is 0 Å². The van der Waals surface area contributed by atoms with Crippen molar-refractivity contribution in [3.63, 3.8) is 0 Å². The summed E-state index contributed by atoms with van der Waals surface area (Å²) in [6.45, 7) is 5.37. The lowest BCUT2D eigenvalue weighted by atomic mass is 10.3. The molecule has 0 aromatic rings. The summed E-state index contributed by atoms with van der Waals surface area (Å²) in [5.74, 6) is -0.954. The van der Waals surface area contributed by atoms with Crippen molar-refractivity contribution in [3.8, 4) is 0 Å². The normalized spacial score (nSPS) is 30.3. The van der Waals surface area contributed by atoms with E-state index in [-0.39, 0.29) is 12.1 Å². The van der Waals surface area contributed by atoms with Crippen molar-refractivity contribution in [1.29, 1.82) is 0 Å². The molecule has 1 rings (SSSR count). The fourth-order valence-corrected chi connectivity index (χ4v) is 0.973. The quantitative estimate of drug-likeness (QED) is 0.516. The zero-order chi connectivity index (χ0) is 7.78. The van der Waals surface area contributed by atoms with Crippen LogP contribution in [0.3, 0.4) is 0 Å². The van der Waals surface area contributed by atoms with Gasteiger partial charge in [-0.15, -0.1) is 0 Å². The average molecular weight is 144 g/mol. The summed E-state index contributed by atoms with van der Waals surface area (Å²) >= 11 is 0. The first kappa shape index (κ1) is 7.54. The first-order valence-corrected chi connectivity index (χ1v) is 3.46.